The number of hydrogen-bond donors (Lipinski definition) is 2. The van der Waals surface area contributed by atoms with E-state index in [1.807, 2.05) is 31.2 Å². The Morgan fingerprint density at radius 1 is 1.02 bits per heavy atom. The third-order valence-electron chi connectivity index (χ3n) is 8.01. The first kappa shape index (κ1) is 28.4. The van der Waals surface area contributed by atoms with Crippen LogP contribution in [0.1, 0.15) is 30.9 Å². The predicted molar refractivity (Wildman–Crippen MR) is 169 cm³/mol. The molecular weight excluding hydrogens is 566 g/mol. The van der Waals surface area contributed by atoms with Gasteiger partial charge in [0.2, 0.25) is 5.95 Å². The van der Waals surface area contributed by atoms with Crippen molar-refractivity contribution in [2.75, 3.05) is 69.0 Å². The number of methoxy groups -OCH3 is 1. The molecular formula is C31H40BrN7O. The normalized spacial score (nSPS) is 17.1. The molecule has 5 rings (SSSR count). The maximum absolute atomic E-state index is 5.83. The lowest BCUT2D eigenvalue weighted by atomic mass is 10.0. The van der Waals surface area contributed by atoms with Gasteiger partial charge < -0.3 is 25.2 Å². The molecule has 40 heavy (non-hydrogen) atoms. The Hall–Kier alpha value is -3.14. The van der Waals surface area contributed by atoms with E-state index >= 15 is 0 Å². The van der Waals surface area contributed by atoms with Gasteiger partial charge in [0.25, 0.3) is 0 Å². The van der Waals surface area contributed by atoms with Crippen LogP contribution in [0.25, 0.3) is 5.57 Å². The summed E-state index contributed by atoms with van der Waals surface area (Å²) in [6.07, 6.45) is 4.14. The molecule has 0 amide bonds. The van der Waals surface area contributed by atoms with Crippen molar-refractivity contribution in [3.63, 3.8) is 0 Å². The van der Waals surface area contributed by atoms with Gasteiger partial charge in [-0.25, -0.2) is 4.98 Å². The van der Waals surface area contributed by atoms with Crippen LogP contribution >= 0.6 is 15.9 Å². The minimum absolute atomic E-state index is 0.483. The van der Waals surface area contributed by atoms with Crippen LogP contribution in [0.2, 0.25) is 0 Å². The van der Waals surface area contributed by atoms with Gasteiger partial charge in [-0.15, -0.1) is 0 Å². The lowest BCUT2D eigenvalue weighted by Crippen LogP contribution is -2.52. The van der Waals surface area contributed by atoms with Crippen LogP contribution in [-0.2, 0) is 0 Å². The lowest BCUT2D eigenvalue weighted by molar-refractivity contribution is 0.0982. The highest BCUT2D eigenvalue weighted by Crippen LogP contribution is 2.37. The molecule has 2 saturated heterocycles. The summed E-state index contributed by atoms with van der Waals surface area (Å²) in [5, 5.41) is 6.81. The van der Waals surface area contributed by atoms with E-state index in [9.17, 15) is 0 Å². The average molecular weight is 607 g/mol. The van der Waals surface area contributed by atoms with E-state index in [2.05, 4.69) is 78.9 Å². The summed E-state index contributed by atoms with van der Waals surface area (Å²) in [4.78, 5) is 16.9. The molecule has 0 spiro atoms. The van der Waals surface area contributed by atoms with Gasteiger partial charge in [0, 0.05) is 74.5 Å². The number of anilines is 5. The number of aryl methyl sites for hydroxylation is 1. The number of nitrogens with zero attached hydrogens (tertiary/aromatic N) is 5. The minimum Gasteiger partial charge on any atom is -0.494 e. The van der Waals surface area contributed by atoms with Crippen LogP contribution in [0.4, 0.5) is 28.8 Å². The molecule has 0 unspecified atom stereocenters. The summed E-state index contributed by atoms with van der Waals surface area (Å²) in [5.74, 6) is 1.93. The van der Waals surface area contributed by atoms with Crippen LogP contribution in [0, 0.1) is 6.92 Å². The van der Waals surface area contributed by atoms with Gasteiger partial charge in [0.15, 0.2) is 0 Å². The van der Waals surface area contributed by atoms with Gasteiger partial charge in [0.05, 0.1) is 17.3 Å². The quantitative estimate of drug-likeness (QED) is 0.310. The fourth-order valence-electron chi connectivity index (χ4n) is 5.67. The molecule has 2 aliphatic heterocycles. The molecule has 2 aromatic carbocycles. The highest BCUT2D eigenvalue weighted by atomic mass is 79.9. The Labute approximate surface area is 246 Å². The molecule has 9 heteroatoms. The third kappa shape index (κ3) is 6.43. The topological polar surface area (TPSA) is 68.8 Å². The second kappa shape index (κ2) is 12.6. The Morgan fingerprint density at radius 3 is 2.45 bits per heavy atom. The van der Waals surface area contributed by atoms with E-state index in [0.29, 0.717) is 17.8 Å². The molecule has 3 heterocycles. The van der Waals surface area contributed by atoms with Gasteiger partial charge in [-0.2, -0.15) is 4.98 Å². The van der Waals surface area contributed by atoms with Crippen LogP contribution < -0.4 is 20.3 Å². The molecule has 2 aliphatic rings. The number of piperazine rings is 1. The highest BCUT2D eigenvalue weighted by Gasteiger charge is 2.27. The number of halogens is 1. The van der Waals surface area contributed by atoms with Crippen LogP contribution in [0.15, 0.2) is 53.6 Å². The van der Waals surface area contributed by atoms with Crippen molar-refractivity contribution in [2.24, 2.45) is 0 Å². The van der Waals surface area contributed by atoms with Crippen LogP contribution in [0.5, 0.6) is 5.75 Å². The van der Waals surface area contributed by atoms with Gasteiger partial charge in [-0.3, -0.25) is 4.90 Å². The number of aromatic nitrogens is 2. The summed E-state index contributed by atoms with van der Waals surface area (Å²) < 4.78 is 6.60. The molecule has 3 aromatic rings. The van der Waals surface area contributed by atoms with E-state index in [1.165, 1.54) is 50.3 Å². The maximum atomic E-state index is 5.83. The van der Waals surface area contributed by atoms with Crippen molar-refractivity contribution < 1.29 is 4.74 Å². The number of benzene rings is 2. The first-order chi connectivity index (χ1) is 19.3. The zero-order chi connectivity index (χ0) is 28.2. The molecule has 0 radical (unpaired) electrons. The SMILES string of the molecule is C=C(C)c1ccccc1Nc1nc(Nc2cc(C)c(N3CCC(N4CCN(C)CC4)CC3)cc2OC)ncc1Br. The van der Waals surface area contributed by atoms with Gasteiger partial charge >= 0.3 is 0 Å². The maximum Gasteiger partial charge on any atom is 0.229 e. The minimum atomic E-state index is 0.483. The average Bonchev–Trinajstić information content (AvgIpc) is 2.96. The van der Waals surface area contributed by atoms with Crippen molar-refractivity contribution in [3.05, 3.63) is 64.8 Å². The Balaban J connectivity index is 1.30. The first-order valence-electron chi connectivity index (χ1n) is 14.0. The fourth-order valence-corrected chi connectivity index (χ4v) is 5.96. The van der Waals surface area contributed by atoms with E-state index in [1.54, 1.807) is 13.3 Å². The summed E-state index contributed by atoms with van der Waals surface area (Å²) in [6.45, 7) is 15.1. The van der Waals surface area contributed by atoms with E-state index in [0.717, 1.165) is 45.8 Å². The Kier molecular flexibility index (Phi) is 8.93. The van der Waals surface area contributed by atoms with Crippen LogP contribution in [0.3, 0.4) is 0 Å². The number of rotatable bonds is 8. The molecule has 212 valence electrons. The Bertz CT molecular complexity index is 1350. The molecule has 2 N–H and O–H groups in total. The second-order valence-corrected chi connectivity index (χ2v) is 11.7. The summed E-state index contributed by atoms with van der Waals surface area (Å²) >= 11 is 3.59. The van der Waals surface area contributed by atoms with Gasteiger partial charge in [-0.05, 0) is 72.9 Å². The number of piperidine rings is 1. The van der Waals surface area contributed by atoms with Gasteiger partial charge in [0.1, 0.15) is 11.6 Å². The monoisotopic (exact) mass is 605 g/mol. The fraction of sp³-hybridized carbons (Fsp3) is 0.419. The number of allylic oxidation sites excluding steroid dienone is 1. The number of para-hydroxylation sites is 1. The predicted octanol–water partition coefficient (Wildman–Crippen LogP) is 6.29. The molecule has 2 fully saturated rings. The highest BCUT2D eigenvalue weighted by molar-refractivity contribution is 9.10. The van der Waals surface area contributed by atoms with Crippen molar-refractivity contribution in [2.45, 2.75) is 32.7 Å². The number of ether oxygens (including phenoxy) is 1. The second-order valence-electron chi connectivity index (χ2n) is 10.9. The Morgan fingerprint density at radius 2 is 1.75 bits per heavy atom. The summed E-state index contributed by atoms with van der Waals surface area (Å²) in [6, 6.07) is 13.0. The smallest absolute Gasteiger partial charge is 0.229 e. The van der Waals surface area contributed by atoms with Crippen LogP contribution in [-0.4, -0.2) is 79.2 Å². The number of hydrogen-bond acceptors (Lipinski definition) is 8. The molecule has 8 nitrogen and oxygen atoms in total. The summed E-state index contributed by atoms with van der Waals surface area (Å²) in [7, 11) is 3.93. The standard InChI is InChI=1S/C31H40BrN7O/c1-21(2)24-8-6-7-9-26(24)34-30-25(32)20-33-31(36-30)35-27-18-22(3)28(19-29(27)40-5)39-12-10-23(11-13-39)38-16-14-37(4)15-17-38/h6-9,18-20,23H,1,10-17H2,2-5H3,(H2,33,34,35,36). The van der Waals surface area contributed by atoms with Crippen molar-refractivity contribution >= 4 is 50.3 Å². The molecule has 0 aliphatic carbocycles. The van der Waals surface area contributed by atoms with Crippen molar-refractivity contribution in [3.8, 4) is 5.75 Å². The third-order valence-corrected chi connectivity index (χ3v) is 8.59. The van der Waals surface area contributed by atoms with E-state index < -0.39 is 0 Å². The number of likely N-dealkylation sites (N-methyl/N-ethyl adjacent to an activating group) is 1. The van der Waals surface area contributed by atoms with Gasteiger partial charge in [-0.1, -0.05) is 24.8 Å². The van der Waals surface area contributed by atoms with Crippen molar-refractivity contribution in [1.29, 1.82) is 0 Å². The molecule has 0 bridgehead atoms. The summed E-state index contributed by atoms with van der Waals surface area (Å²) in [5.41, 5.74) is 6.24. The zero-order valence-corrected chi connectivity index (χ0v) is 25.6. The zero-order valence-electron chi connectivity index (χ0n) is 24.0. The molecule has 1 aromatic heterocycles. The van der Waals surface area contributed by atoms with E-state index in [-0.39, 0.29) is 0 Å². The largest absolute Gasteiger partial charge is 0.494 e. The first-order valence-corrected chi connectivity index (χ1v) is 14.8. The number of nitrogens with one attached hydrogen (secondary N) is 2. The lowest BCUT2D eigenvalue weighted by Gasteiger charge is -2.43. The molecule has 0 saturated carbocycles. The molecule has 0 atom stereocenters. The van der Waals surface area contributed by atoms with E-state index in [4.69, 9.17) is 9.72 Å². The van der Waals surface area contributed by atoms with Crippen molar-refractivity contribution in [1.82, 2.24) is 19.8 Å².